The van der Waals surface area contributed by atoms with Crippen LogP contribution in [0.3, 0.4) is 0 Å². The number of nitrogens with zero attached hydrogens (tertiary/aromatic N) is 1. The summed E-state index contributed by atoms with van der Waals surface area (Å²) in [5.74, 6) is 0.363. The summed E-state index contributed by atoms with van der Waals surface area (Å²) in [4.78, 5) is 0. The second kappa shape index (κ2) is 7.42. The van der Waals surface area contributed by atoms with Crippen molar-refractivity contribution in [1.29, 1.82) is 0 Å². The number of rotatable bonds is 5. The van der Waals surface area contributed by atoms with E-state index in [0.29, 0.717) is 17.0 Å². The van der Waals surface area contributed by atoms with Crippen LogP contribution in [0.2, 0.25) is 0 Å². The minimum atomic E-state index is -0.368. The van der Waals surface area contributed by atoms with Gasteiger partial charge in [-0.25, -0.2) is 4.39 Å². The molecule has 0 spiro atoms. The van der Waals surface area contributed by atoms with Gasteiger partial charge in [-0.3, -0.25) is 0 Å². The maximum Gasteiger partial charge on any atom is 0.216 e. The van der Waals surface area contributed by atoms with Gasteiger partial charge < -0.3 is 9.94 Å². The smallest absolute Gasteiger partial charge is 0.216 e. The molecule has 4 heteroatoms. The van der Waals surface area contributed by atoms with Crippen LogP contribution in [0, 0.1) is 11.0 Å². The predicted molar refractivity (Wildman–Crippen MR) is 92.1 cm³/mol. The average Bonchev–Trinajstić information content (AvgIpc) is 2.62. The fourth-order valence-corrected chi connectivity index (χ4v) is 2.19. The Morgan fingerprint density at radius 2 is 1.54 bits per heavy atom. The second-order valence-electron chi connectivity index (χ2n) is 5.27. The summed E-state index contributed by atoms with van der Waals surface area (Å²) in [6.45, 7) is 0.493. The third kappa shape index (κ3) is 4.20. The number of halogens is 1. The lowest BCUT2D eigenvalue weighted by molar-refractivity contribution is -0.354. The molecule has 0 fully saturated rings. The van der Waals surface area contributed by atoms with Gasteiger partial charge in [-0.2, -0.15) is 4.74 Å². The van der Waals surface area contributed by atoms with Gasteiger partial charge in [-0.05, 0) is 42.0 Å². The van der Waals surface area contributed by atoms with E-state index in [1.807, 2.05) is 42.5 Å². The minimum Gasteiger partial charge on any atom is -0.618 e. The molecule has 0 aliphatic rings. The molecule has 0 heterocycles. The monoisotopic (exact) mass is 321 g/mol. The van der Waals surface area contributed by atoms with Crippen molar-refractivity contribution in [2.45, 2.75) is 6.61 Å². The fraction of sp³-hybridized carbons (Fsp3) is 0.0500. The highest BCUT2D eigenvalue weighted by atomic mass is 19.1. The van der Waals surface area contributed by atoms with E-state index in [1.54, 1.807) is 12.1 Å². The van der Waals surface area contributed by atoms with Crippen molar-refractivity contribution in [2.75, 3.05) is 0 Å². The van der Waals surface area contributed by atoms with E-state index in [2.05, 4.69) is 0 Å². The van der Waals surface area contributed by atoms with Crippen LogP contribution >= 0.6 is 0 Å². The van der Waals surface area contributed by atoms with Gasteiger partial charge in [0.2, 0.25) is 5.69 Å². The van der Waals surface area contributed by atoms with Crippen LogP contribution in [0.1, 0.15) is 11.1 Å². The summed E-state index contributed by atoms with van der Waals surface area (Å²) in [7, 11) is 0. The first-order chi connectivity index (χ1) is 11.7. The number of hydrogen-bond acceptors (Lipinski definition) is 2. The van der Waals surface area contributed by atoms with Gasteiger partial charge in [0.05, 0.1) is 0 Å². The van der Waals surface area contributed by atoms with Gasteiger partial charge in [0, 0.05) is 17.7 Å². The lowest BCUT2D eigenvalue weighted by Gasteiger charge is -2.06. The summed E-state index contributed by atoms with van der Waals surface area (Å²) < 4.78 is 19.3. The minimum absolute atomic E-state index is 0.368. The summed E-state index contributed by atoms with van der Waals surface area (Å²) in [5.41, 5.74) is 2.21. The molecule has 3 rings (SSSR count). The Bertz CT molecular complexity index is 813. The van der Waals surface area contributed by atoms with Gasteiger partial charge in [0.15, 0.2) is 6.21 Å². The van der Waals surface area contributed by atoms with E-state index >= 15 is 0 Å². The van der Waals surface area contributed by atoms with Gasteiger partial charge >= 0.3 is 0 Å². The third-order valence-corrected chi connectivity index (χ3v) is 3.48. The van der Waals surface area contributed by atoms with Crippen LogP contribution in [0.5, 0.6) is 5.75 Å². The lowest BCUT2D eigenvalue weighted by Crippen LogP contribution is -1.99. The molecule has 0 saturated carbocycles. The molecule has 120 valence electrons. The van der Waals surface area contributed by atoms with Crippen LogP contribution in [0.4, 0.5) is 10.1 Å². The SMILES string of the molecule is [O-]/[N+](=C\c1ccc(OCc2ccccc2)cc1)c1ccc(F)cc1. The van der Waals surface area contributed by atoms with E-state index in [4.69, 9.17) is 4.74 Å². The lowest BCUT2D eigenvalue weighted by atomic mass is 10.2. The first kappa shape index (κ1) is 15.7. The fourth-order valence-electron chi connectivity index (χ4n) is 2.19. The molecule has 0 aliphatic carbocycles. The largest absolute Gasteiger partial charge is 0.618 e. The zero-order valence-electron chi connectivity index (χ0n) is 12.9. The maximum absolute atomic E-state index is 12.9. The molecule has 3 nitrogen and oxygen atoms in total. The summed E-state index contributed by atoms with van der Waals surface area (Å²) in [5, 5.41) is 12.0. The van der Waals surface area contributed by atoms with Crippen molar-refractivity contribution in [2.24, 2.45) is 0 Å². The van der Waals surface area contributed by atoms with E-state index in [0.717, 1.165) is 16.9 Å². The van der Waals surface area contributed by atoms with Gasteiger partial charge in [0.1, 0.15) is 18.2 Å². The van der Waals surface area contributed by atoms with Crippen LogP contribution in [-0.4, -0.2) is 11.0 Å². The van der Waals surface area contributed by atoms with Crippen molar-refractivity contribution < 1.29 is 13.9 Å². The Balaban J connectivity index is 1.65. The molecular weight excluding hydrogens is 305 g/mol. The molecule has 0 radical (unpaired) electrons. The first-order valence-electron chi connectivity index (χ1n) is 7.54. The molecule has 0 N–H and O–H groups in total. The third-order valence-electron chi connectivity index (χ3n) is 3.48. The summed E-state index contributed by atoms with van der Waals surface area (Å²) in [6, 6.07) is 22.5. The first-order valence-corrected chi connectivity index (χ1v) is 7.54. The highest BCUT2D eigenvalue weighted by Crippen LogP contribution is 2.15. The van der Waals surface area contributed by atoms with Crippen LogP contribution < -0.4 is 4.74 Å². The Hall–Kier alpha value is -3.14. The Labute approximate surface area is 139 Å². The normalized spacial score (nSPS) is 11.3. The Morgan fingerprint density at radius 3 is 2.21 bits per heavy atom. The molecule has 24 heavy (non-hydrogen) atoms. The van der Waals surface area contributed by atoms with Crippen LogP contribution in [-0.2, 0) is 6.61 Å². The van der Waals surface area contributed by atoms with Crippen molar-refractivity contribution in [3.05, 3.63) is 101 Å². The second-order valence-corrected chi connectivity index (χ2v) is 5.27. The molecule has 0 aromatic heterocycles. The van der Waals surface area contributed by atoms with E-state index in [9.17, 15) is 9.60 Å². The molecule has 0 bridgehead atoms. The van der Waals surface area contributed by atoms with Crippen molar-refractivity contribution >= 4 is 11.9 Å². The quantitative estimate of drug-likeness (QED) is 0.296. The molecule has 0 atom stereocenters. The van der Waals surface area contributed by atoms with Crippen molar-refractivity contribution in [1.82, 2.24) is 0 Å². The number of ether oxygens (including phenoxy) is 1. The van der Waals surface area contributed by atoms with Crippen LogP contribution in [0.15, 0.2) is 78.9 Å². The maximum atomic E-state index is 12.9. The average molecular weight is 321 g/mol. The van der Waals surface area contributed by atoms with Crippen molar-refractivity contribution in [3.8, 4) is 5.75 Å². The standard InChI is InChI=1S/C20H16FNO2/c21-18-8-10-19(11-9-18)22(23)14-16-6-12-20(13-7-16)24-15-17-4-2-1-3-5-17/h1-14H,15H2/b22-14-. The zero-order valence-corrected chi connectivity index (χ0v) is 12.9. The molecule has 0 unspecified atom stereocenters. The molecule has 0 amide bonds. The van der Waals surface area contributed by atoms with Gasteiger partial charge in [0.25, 0.3) is 0 Å². The number of hydrogen-bond donors (Lipinski definition) is 0. The molecule has 3 aromatic carbocycles. The zero-order chi connectivity index (χ0) is 16.8. The Morgan fingerprint density at radius 1 is 0.875 bits per heavy atom. The van der Waals surface area contributed by atoms with E-state index in [1.165, 1.54) is 30.5 Å². The van der Waals surface area contributed by atoms with Crippen molar-refractivity contribution in [3.63, 3.8) is 0 Å². The molecular formula is C20H16FNO2. The summed E-state index contributed by atoms with van der Waals surface area (Å²) >= 11 is 0. The van der Waals surface area contributed by atoms with E-state index in [-0.39, 0.29) is 5.82 Å². The van der Waals surface area contributed by atoms with Gasteiger partial charge in [-0.15, -0.1) is 0 Å². The van der Waals surface area contributed by atoms with Gasteiger partial charge in [-0.1, -0.05) is 30.3 Å². The van der Waals surface area contributed by atoms with E-state index < -0.39 is 0 Å². The highest BCUT2D eigenvalue weighted by Gasteiger charge is 2.03. The van der Waals surface area contributed by atoms with Crippen LogP contribution in [0.25, 0.3) is 0 Å². The molecule has 3 aromatic rings. The summed E-state index contributed by atoms with van der Waals surface area (Å²) in [6.07, 6.45) is 1.44. The molecule has 0 aliphatic heterocycles. The Kier molecular flexibility index (Phi) is 4.87. The molecule has 0 saturated heterocycles. The topological polar surface area (TPSA) is 35.3 Å². The highest BCUT2D eigenvalue weighted by molar-refractivity contribution is 5.76. The predicted octanol–water partition coefficient (Wildman–Crippen LogP) is 4.67. The number of benzene rings is 3.